The van der Waals surface area contributed by atoms with Crippen LogP contribution in [-0.4, -0.2) is 75.0 Å². The van der Waals surface area contributed by atoms with Crippen molar-refractivity contribution in [2.24, 2.45) is 0 Å². The van der Waals surface area contributed by atoms with E-state index in [0.717, 1.165) is 0 Å². The van der Waals surface area contributed by atoms with Gasteiger partial charge in [0.1, 0.15) is 29.0 Å². The second-order valence-corrected chi connectivity index (χ2v) is 9.52. The summed E-state index contributed by atoms with van der Waals surface area (Å²) in [4.78, 5) is 54.2. The fraction of sp³-hybridized carbons (Fsp3) is 0.500. The molecule has 37 heavy (non-hydrogen) atoms. The largest absolute Gasteiger partial charge is 0.455 e. The summed E-state index contributed by atoms with van der Waals surface area (Å²) in [6.07, 6.45) is 0.177. The second-order valence-electron chi connectivity index (χ2n) is 9.52. The summed E-state index contributed by atoms with van der Waals surface area (Å²) in [5.74, 6) is -1.19. The zero-order valence-corrected chi connectivity index (χ0v) is 21.0. The maximum absolute atomic E-state index is 13.1. The summed E-state index contributed by atoms with van der Waals surface area (Å²) >= 11 is 0. The highest BCUT2D eigenvalue weighted by atomic mass is 16.7. The number of hydrogen-bond donors (Lipinski definition) is 2. The van der Waals surface area contributed by atoms with Gasteiger partial charge in [-0.25, -0.2) is 9.59 Å². The zero-order chi connectivity index (χ0) is 27.3. The minimum Gasteiger partial charge on any atom is -0.455 e. The number of non-ortho nitro benzene ring substituents is 1. The number of aromatic nitrogens is 1. The maximum Gasteiger partial charge on any atom is 0.408 e. The molecule has 1 aliphatic heterocycles. The average Bonchev–Trinajstić information content (AvgIpc) is 3.31. The summed E-state index contributed by atoms with van der Waals surface area (Å²) in [7, 11) is 0. The lowest BCUT2D eigenvalue weighted by Crippen LogP contribution is -2.56. The minimum absolute atomic E-state index is 0.139. The lowest BCUT2D eigenvalue weighted by molar-refractivity contribution is -0.383. The number of nitrogens with one attached hydrogen (secondary N) is 1. The van der Waals surface area contributed by atoms with Crippen molar-refractivity contribution in [1.82, 2.24) is 15.2 Å². The molecule has 2 aromatic rings. The van der Waals surface area contributed by atoms with E-state index in [1.54, 1.807) is 26.8 Å². The molecular weight excluding hydrogens is 488 g/mol. The Bertz CT molecular complexity index is 1180. The van der Waals surface area contributed by atoms with Gasteiger partial charge in [-0.05, 0) is 58.7 Å². The van der Waals surface area contributed by atoms with Crippen molar-refractivity contribution in [1.29, 1.82) is 0 Å². The normalized spacial score (nSPS) is 17.1. The summed E-state index contributed by atoms with van der Waals surface area (Å²) in [5.41, 5.74) is -0.709. The van der Waals surface area contributed by atoms with E-state index in [-0.39, 0.29) is 28.9 Å². The predicted molar refractivity (Wildman–Crippen MR) is 130 cm³/mol. The maximum atomic E-state index is 13.1. The Morgan fingerprint density at radius 1 is 1.30 bits per heavy atom. The van der Waals surface area contributed by atoms with Crippen molar-refractivity contribution in [3.05, 3.63) is 40.6 Å². The molecule has 0 radical (unpaired) electrons. The third kappa shape index (κ3) is 6.82. The molecule has 0 spiro atoms. The lowest BCUT2D eigenvalue weighted by Gasteiger charge is -2.30. The molecule has 2 heterocycles. The Morgan fingerprint density at radius 2 is 2.03 bits per heavy atom. The van der Waals surface area contributed by atoms with E-state index in [1.807, 2.05) is 0 Å². The van der Waals surface area contributed by atoms with Crippen LogP contribution >= 0.6 is 0 Å². The monoisotopic (exact) mass is 518 g/mol. The molecule has 0 saturated carbocycles. The van der Waals surface area contributed by atoms with Crippen LogP contribution in [0.25, 0.3) is 10.9 Å². The van der Waals surface area contributed by atoms with E-state index >= 15 is 0 Å². The molecule has 0 aliphatic carbocycles. The number of carbonyl (C=O) groups excluding carboxylic acids is 3. The van der Waals surface area contributed by atoms with Gasteiger partial charge < -0.3 is 29.5 Å². The SMILES string of the molecule is C[C@@H](O)[C@H](NC(=O)OC(C)(C)C)C(=O)N1CCCC1C(=O)OCOc1ccc([N+](=O)[O-])c2cccnc12. The van der Waals surface area contributed by atoms with Crippen LogP contribution < -0.4 is 10.1 Å². The number of amides is 2. The molecular formula is C24H30N4O9. The van der Waals surface area contributed by atoms with Crippen LogP contribution in [0, 0.1) is 10.1 Å². The summed E-state index contributed by atoms with van der Waals surface area (Å²) in [5, 5.41) is 24.0. The summed E-state index contributed by atoms with van der Waals surface area (Å²) in [6.45, 7) is 6.05. The van der Waals surface area contributed by atoms with Gasteiger partial charge in [0, 0.05) is 18.8 Å². The molecule has 2 amide bonds. The van der Waals surface area contributed by atoms with Gasteiger partial charge in [-0.2, -0.15) is 0 Å². The second kappa shape index (κ2) is 11.4. The number of nitro groups is 1. The van der Waals surface area contributed by atoms with Crippen LogP contribution in [0.5, 0.6) is 5.75 Å². The van der Waals surface area contributed by atoms with Crippen molar-refractivity contribution in [3.8, 4) is 5.75 Å². The van der Waals surface area contributed by atoms with Crippen molar-refractivity contribution in [3.63, 3.8) is 0 Å². The van der Waals surface area contributed by atoms with Crippen LogP contribution in [0.15, 0.2) is 30.5 Å². The number of nitro benzene ring substituents is 1. The Labute approximate surface area is 212 Å². The third-order valence-corrected chi connectivity index (χ3v) is 5.55. The number of pyridine rings is 1. The lowest BCUT2D eigenvalue weighted by atomic mass is 10.1. The molecule has 13 nitrogen and oxygen atoms in total. The first kappa shape index (κ1) is 27.6. The standard InChI is InChI=1S/C24H30N4O9/c1-14(29)19(26-23(32)37-24(2,3)4)21(30)27-12-6-8-17(27)22(31)36-13-35-18-10-9-16(28(33)34)15-7-5-11-25-20(15)18/h5,7,9-11,14,17,19,29H,6,8,12-13H2,1-4H3,(H,26,32)/t14-,17?,19+/m1/s1. The van der Waals surface area contributed by atoms with E-state index in [9.17, 15) is 29.6 Å². The van der Waals surface area contributed by atoms with Gasteiger partial charge in [0.05, 0.1) is 16.4 Å². The molecule has 1 fully saturated rings. The number of fused-ring (bicyclic) bond motifs is 1. The van der Waals surface area contributed by atoms with Crippen molar-refractivity contribution in [2.45, 2.75) is 64.3 Å². The van der Waals surface area contributed by atoms with E-state index < -0.39 is 53.5 Å². The summed E-state index contributed by atoms with van der Waals surface area (Å²) in [6, 6.07) is 3.46. The average molecular weight is 519 g/mol. The fourth-order valence-electron chi connectivity index (χ4n) is 3.93. The number of nitrogens with zero attached hydrogens (tertiary/aromatic N) is 3. The number of rotatable bonds is 8. The zero-order valence-electron chi connectivity index (χ0n) is 21.0. The molecule has 13 heteroatoms. The number of esters is 1. The quantitative estimate of drug-likeness (QED) is 0.229. The van der Waals surface area contributed by atoms with Crippen molar-refractivity contribution >= 4 is 34.6 Å². The highest BCUT2D eigenvalue weighted by Gasteiger charge is 2.40. The van der Waals surface area contributed by atoms with E-state index in [2.05, 4.69) is 10.3 Å². The summed E-state index contributed by atoms with van der Waals surface area (Å²) < 4.78 is 15.9. The number of ether oxygens (including phenoxy) is 3. The third-order valence-electron chi connectivity index (χ3n) is 5.55. The molecule has 1 aromatic carbocycles. The minimum atomic E-state index is -1.32. The number of hydrogen-bond acceptors (Lipinski definition) is 10. The van der Waals surface area contributed by atoms with Crippen molar-refractivity contribution in [2.75, 3.05) is 13.3 Å². The van der Waals surface area contributed by atoms with E-state index in [1.165, 1.54) is 36.2 Å². The smallest absolute Gasteiger partial charge is 0.408 e. The van der Waals surface area contributed by atoms with Gasteiger partial charge in [-0.1, -0.05) is 0 Å². The van der Waals surface area contributed by atoms with Gasteiger partial charge in [0.2, 0.25) is 12.7 Å². The van der Waals surface area contributed by atoms with Gasteiger partial charge in [0.25, 0.3) is 5.69 Å². The number of aliphatic hydroxyl groups excluding tert-OH is 1. The fourth-order valence-corrected chi connectivity index (χ4v) is 3.93. The molecule has 1 saturated heterocycles. The van der Waals surface area contributed by atoms with Gasteiger partial charge >= 0.3 is 12.1 Å². The molecule has 3 atom stereocenters. The Hall–Kier alpha value is -4.00. The Balaban J connectivity index is 1.64. The molecule has 2 N–H and O–H groups in total. The van der Waals surface area contributed by atoms with Crippen LogP contribution in [0.1, 0.15) is 40.5 Å². The van der Waals surface area contributed by atoms with Crippen LogP contribution in [0.4, 0.5) is 10.5 Å². The number of likely N-dealkylation sites (tertiary alicyclic amines) is 1. The van der Waals surface area contributed by atoms with Crippen molar-refractivity contribution < 1.29 is 38.6 Å². The molecule has 0 bridgehead atoms. The number of benzene rings is 1. The highest BCUT2D eigenvalue weighted by Crippen LogP contribution is 2.31. The first-order valence-corrected chi connectivity index (χ1v) is 11.7. The van der Waals surface area contributed by atoms with Crippen LogP contribution in [-0.2, 0) is 19.1 Å². The molecule has 200 valence electrons. The highest BCUT2D eigenvalue weighted by molar-refractivity contribution is 5.92. The Morgan fingerprint density at radius 3 is 2.68 bits per heavy atom. The predicted octanol–water partition coefficient (Wildman–Crippen LogP) is 2.29. The molecule has 1 aromatic heterocycles. The van der Waals surface area contributed by atoms with E-state index in [4.69, 9.17) is 14.2 Å². The number of carbonyl (C=O) groups is 3. The number of alkyl carbamates (subject to hydrolysis) is 1. The first-order valence-electron chi connectivity index (χ1n) is 11.7. The van der Waals surface area contributed by atoms with Crippen LogP contribution in [0.2, 0.25) is 0 Å². The molecule has 1 unspecified atom stereocenters. The van der Waals surface area contributed by atoms with Gasteiger partial charge in [-0.3, -0.25) is 19.9 Å². The Kier molecular flexibility index (Phi) is 8.48. The first-order chi connectivity index (χ1) is 17.4. The topological polar surface area (TPSA) is 170 Å². The number of aliphatic hydroxyl groups is 1. The van der Waals surface area contributed by atoms with Gasteiger partial charge in [0.15, 0.2) is 0 Å². The van der Waals surface area contributed by atoms with Crippen LogP contribution in [0.3, 0.4) is 0 Å². The molecule has 3 rings (SSSR count). The molecule has 1 aliphatic rings. The van der Waals surface area contributed by atoms with E-state index in [0.29, 0.717) is 12.8 Å². The van der Waals surface area contributed by atoms with Gasteiger partial charge in [-0.15, -0.1) is 0 Å².